The first-order valence-corrected chi connectivity index (χ1v) is 6.18. The molecule has 0 fully saturated rings. The molecule has 0 unspecified atom stereocenters. The summed E-state index contributed by atoms with van der Waals surface area (Å²) in [5, 5.41) is 9.69. The second-order valence-electron chi connectivity index (χ2n) is 3.39. The highest BCUT2D eigenvalue weighted by Crippen LogP contribution is 2.24. The molecule has 0 saturated carbocycles. The highest BCUT2D eigenvalue weighted by Gasteiger charge is 2.02. The van der Waals surface area contributed by atoms with Crippen molar-refractivity contribution in [3.63, 3.8) is 0 Å². The van der Waals surface area contributed by atoms with Crippen molar-refractivity contribution < 1.29 is 0 Å². The molecule has 0 aliphatic heterocycles. The van der Waals surface area contributed by atoms with Gasteiger partial charge in [-0.2, -0.15) is 0 Å². The van der Waals surface area contributed by atoms with Crippen LogP contribution in [0.25, 0.3) is 12.2 Å². The Hall–Kier alpha value is -1.65. The van der Waals surface area contributed by atoms with E-state index in [0.29, 0.717) is 16.3 Å². The first kappa shape index (κ1) is 11.8. The van der Waals surface area contributed by atoms with Gasteiger partial charge in [-0.05, 0) is 23.8 Å². The lowest BCUT2D eigenvalue weighted by molar-refractivity contribution is 1.39. The number of nitrogen functional groups attached to an aromatic ring is 1. The van der Waals surface area contributed by atoms with Gasteiger partial charge in [0.2, 0.25) is 0 Å². The second-order valence-corrected chi connectivity index (χ2v) is 4.52. The molecule has 0 radical (unpaired) electrons. The van der Waals surface area contributed by atoms with Crippen LogP contribution in [0.3, 0.4) is 0 Å². The summed E-state index contributed by atoms with van der Waals surface area (Å²) in [6.45, 7) is 0. The number of rotatable bonds is 3. The van der Waals surface area contributed by atoms with Gasteiger partial charge in [0.05, 0.1) is 11.2 Å². The third kappa shape index (κ3) is 2.72. The van der Waals surface area contributed by atoms with Crippen molar-refractivity contribution >= 4 is 47.0 Å². The lowest BCUT2D eigenvalue weighted by atomic mass is 10.1. The van der Waals surface area contributed by atoms with Crippen LogP contribution in [0.4, 0.5) is 5.69 Å². The van der Waals surface area contributed by atoms with Gasteiger partial charge in [-0.1, -0.05) is 17.7 Å². The number of halogens is 1. The van der Waals surface area contributed by atoms with Crippen LogP contribution >= 0.6 is 22.9 Å². The Bertz CT molecular complexity index is 561. The van der Waals surface area contributed by atoms with Crippen LogP contribution < -0.4 is 5.73 Å². The highest BCUT2D eigenvalue weighted by atomic mass is 35.5. The summed E-state index contributed by atoms with van der Waals surface area (Å²) in [6.07, 6.45) is 4.93. The third-order valence-corrected chi connectivity index (χ3v) is 3.17. The van der Waals surface area contributed by atoms with Crippen molar-refractivity contribution in [1.82, 2.24) is 4.98 Å². The maximum Gasteiger partial charge on any atom is 0.0798 e. The molecular weight excluding hydrogens is 254 g/mol. The van der Waals surface area contributed by atoms with Gasteiger partial charge < -0.3 is 11.1 Å². The number of anilines is 1. The van der Waals surface area contributed by atoms with Crippen molar-refractivity contribution in [1.29, 1.82) is 5.41 Å². The van der Waals surface area contributed by atoms with Gasteiger partial charge in [0.15, 0.2) is 0 Å². The number of nitrogens with two attached hydrogens (primary N) is 1. The Labute approximate surface area is 108 Å². The van der Waals surface area contributed by atoms with Gasteiger partial charge in [-0.25, -0.2) is 4.98 Å². The van der Waals surface area contributed by atoms with E-state index in [1.807, 2.05) is 17.5 Å². The molecule has 0 aliphatic rings. The van der Waals surface area contributed by atoms with Crippen molar-refractivity contribution in [2.45, 2.75) is 0 Å². The van der Waals surface area contributed by atoms with Crippen LogP contribution in [-0.2, 0) is 0 Å². The van der Waals surface area contributed by atoms with Gasteiger partial charge in [0.25, 0.3) is 0 Å². The molecule has 3 N–H and O–H groups in total. The Kier molecular flexibility index (Phi) is 3.56. The Morgan fingerprint density at radius 3 is 2.76 bits per heavy atom. The average Bonchev–Trinajstić information content (AvgIpc) is 2.82. The summed E-state index contributed by atoms with van der Waals surface area (Å²) in [6, 6.07) is 3.44. The quantitative estimate of drug-likeness (QED) is 0.657. The van der Waals surface area contributed by atoms with E-state index in [2.05, 4.69) is 4.98 Å². The molecule has 0 atom stereocenters. The molecule has 3 nitrogen and oxygen atoms in total. The summed E-state index contributed by atoms with van der Waals surface area (Å²) in [7, 11) is 0. The normalized spacial score (nSPS) is 10.9. The Morgan fingerprint density at radius 2 is 2.12 bits per heavy atom. The minimum absolute atomic E-state index is 0.544. The van der Waals surface area contributed by atoms with Crippen LogP contribution in [0.2, 0.25) is 5.02 Å². The van der Waals surface area contributed by atoms with E-state index >= 15 is 0 Å². The van der Waals surface area contributed by atoms with Gasteiger partial charge >= 0.3 is 0 Å². The first-order chi connectivity index (χ1) is 8.20. The fourth-order valence-electron chi connectivity index (χ4n) is 1.36. The first-order valence-electron chi connectivity index (χ1n) is 4.86. The number of nitrogens with one attached hydrogen (secondary N) is 1. The molecule has 0 bridgehead atoms. The zero-order valence-electron chi connectivity index (χ0n) is 8.85. The number of hydrogen-bond donors (Lipinski definition) is 2. The molecule has 1 aromatic heterocycles. The van der Waals surface area contributed by atoms with E-state index in [9.17, 15) is 0 Å². The summed E-state index contributed by atoms with van der Waals surface area (Å²) < 4.78 is 0. The van der Waals surface area contributed by atoms with E-state index in [4.69, 9.17) is 22.7 Å². The number of thiazole rings is 1. The smallest absolute Gasteiger partial charge is 0.0798 e. The zero-order valence-corrected chi connectivity index (χ0v) is 10.4. The largest absolute Gasteiger partial charge is 0.398 e. The summed E-state index contributed by atoms with van der Waals surface area (Å²) >= 11 is 7.63. The number of nitrogens with zero attached hydrogens (tertiary/aromatic N) is 1. The van der Waals surface area contributed by atoms with E-state index in [-0.39, 0.29) is 0 Å². The fraction of sp³-hybridized carbons (Fsp3) is 0. The number of hydrogen-bond acceptors (Lipinski definition) is 4. The number of aromatic nitrogens is 1. The summed E-state index contributed by atoms with van der Waals surface area (Å²) in [5.74, 6) is 0. The van der Waals surface area contributed by atoms with Crippen LogP contribution in [-0.4, -0.2) is 11.2 Å². The molecule has 0 aliphatic carbocycles. The third-order valence-electron chi connectivity index (χ3n) is 2.24. The maximum atomic E-state index is 7.18. The van der Waals surface area contributed by atoms with Crippen molar-refractivity contribution in [3.05, 3.63) is 44.9 Å². The predicted octanol–water partition coefficient (Wildman–Crippen LogP) is 3.55. The van der Waals surface area contributed by atoms with E-state index in [0.717, 1.165) is 11.3 Å². The SMILES string of the molecule is N=Cc1cc(Cl)c(/C=C/c2cscn2)cc1N. The van der Waals surface area contributed by atoms with Crippen molar-refractivity contribution in [2.24, 2.45) is 0 Å². The topological polar surface area (TPSA) is 62.8 Å². The lowest BCUT2D eigenvalue weighted by Crippen LogP contribution is -1.93. The molecular formula is C12H10ClN3S. The summed E-state index contributed by atoms with van der Waals surface area (Å²) in [4.78, 5) is 4.14. The molecule has 0 saturated heterocycles. The van der Waals surface area contributed by atoms with Gasteiger partial charge in [0.1, 0.15) is 0 Å². The minimum atomic E-state index is 0.544. The second kappa shape index (κ2) is 5.12. The van der Waals surface area contributed by atoms with Crippen LogP contribution in [0.5, 0.6) is 0 Å². The molecule has 17 heavy (non-hydrogen) atoms. The van der Waals surface area contributed by atoms with Gasteiger partial charge in [0, 0.05) is 27.9 Å². The van der Waals surface area contributed by atoms with E-state index in [1.54, 1.807) is 17.6 Å². The zero-order chi connectivity index (χ0) is 12.3. The van der Waals surface area contributed by atoms with Gasteiger partial charge in [-0.3, -0.25) is 0 Å². The molecule has 1 aromatic carbocycles. The number of benzene rings is 1. The van der Waals surface area contributed by atoms with Gasteiger partial charge in [-0.15, -0.1) is 11.3 Å². The maximum absolute atomic E-state index is 7.18. The highest BCUT2D eigenvalue weighted by molar-refractivity contribution is 7.07. The van der Waals surface area contributed by atoms with Crippen molar-refractivity contribution in [3.8, 4) is 0 Å². The van der Waals surface area contributed by atoms with Crippen LogP contribution in [0.1, 0.15) is 16.8 Å². The molecule has 5 heteroatoms. The van der Waals surface area contributed by atoms with Crippen molar-refractivity contribution in [2.75, 3.05) is 5.73 Å². The monoisotopic (exact) mass is 263 g/mol. The van der Waals surface area contributed by atoms with E-state index < -0.39 is 0 Å². The molecule has 0 spiro atoms. The summed E-state index contributed by atoms with van der Waals surface area (Å²) in [5.41, 5.74) is 10.4. The molecule has 2 rings (SSSR count). The molecule has 86 valence electrons. The minimum Gasteiger partial charge on any atom is -0.398 e. The van der Waals surface area contributed by atoms with E-state index in [1.165, 1.54) is 17.6 Å². The molecule has 0 amide bonds. The molecule has 2 aromatic rings. The standard InChI is InChI=1S/C12H10ClN3S/c13-11-3-9(5-14)12(15)4-8(11)1-2-10-6-17-7-16-10/h1-7,14H,15H2/b2-1+,14-5?. The molecule has 1 heterocycles. The Morgan fingerprint density at radius 1 is 1.29 bits per heavy atom. The lowest BCUT2D eigenvalue weighted by Gasteiger charge is -2.04. The predicted molar refractivity (Wildman–Crippen MR) is 74.8 cm³/mol. The van der Waals surface area contributed by atoms with Crippen LogP contribution in [0.15, 0.2) is 23.0 Å². The Balaban J connectivity index is 2.33. The fourth-order valence-corrected chi connectivity index (χ4v) is 2.11. The van der Waals surface area contributed by atoms with Crippen LogP contribution in [0, 0.1) is 5.41 Å². The average molecular weight is 264 g/mol.